The Morgan fingerprint density at radius 1 is 1.16 bits per heavy atom. The van der Waals surface area contributed by atoms with Crippen LogP contribution in [0.5, 0.6) is 0 Å². The fraction of sp³-hybridized carbons (Fsp3) is 0.267. The summed E-state index contributed by atoms with van der Waals surface area (Å²) in [5.41, 5.74) is 0.941. The number of hydrogen-bond donors (Lipinski definition) is 0. The zero-order chi connectivity index (χ0) is 14.0. The third-order valence-corrected chi connectivity index (χ3v) is 4.93. The second kappa shape index (κ2) is 5.55. The molecule has 0 radical (unpaired) electrons. The van der Waals surface area contributed by atoms with Gasteiger partial charge in [-0.3, -0.25) is 0 Å². The van der Waals surface area contributed by atoms with Gasteiger partial charge in [-0.1, -0.05) is 36.4 Å². The predicted molar refractivity (Wildman–Crippen MR) is 87.1 cm³/mol. The summed E-state index contributed by atoms with van der Waals surface area (Å²) in [6.45, 7) is 5.74. The number of halogens is 1. The molecule has 0 N–H and O–H groups in total. The van der Waals surface area contributed by atoms with Gasteiger partial charge in [0.1, 0.15) is 11.0 Å². The van der Waals surface area contributed by atoms with Gasteiger partial charge in [0.05, 0.1) is 4.75 Å². The molecule has 4 heteroatoms. The van der Waals surface area contributed by atoms with E-state index in [9.17, 15) is 4.21 Å². The lowest BCUT2D eigenvalue weighted by atomic mass is 10.1. The number of fused-ring (bicyclic) bond motifs is 1. The van der Waals surface area contributed by atoms with Crippen molar-refractivity contribution in [1.82, 2.24) is 0 Å². The standard InChI is InChI=1S/C15H16BrNOS/c1-15(2,3)19(18)17-10-12-9-8-11-6-4-5-7-13(11)14(12)16/h4-10H,1-3H3. The molecule has 0 aliphatic carbocycles. The van der Waals surface area contributed by atoms with Gasteiger partial charge in [-0.2, -0.15) is 4.40 Å². The zero-order valence-electron chi connectivity index (χ0n) is 11.2. The molecule has 2 nitrogen and oxygen atoms in total. The van der Waals surface area contributed by atoms with Gasteiger partial charge in [0, 0.05) is 16.3 Å². The van der Waals surface area contributed by atoms with E-state index in [1.54, 1.807) is 6.21 Å². The molecule has 2 aromatic rings. The highest BCUT2D eigenvalue weighted by atomic mass is 79.9. The van der Waals surface area contributed by atoms with E-state index in [4.69, 9.17) is 0 Å². The monoisotopic (exact) mass is 337 g/mol. The van der Waals surface area contributed by atoms with E-state index < -0.39 is 11.0 Å². The lowest BCUT2D eigenvalue weighted by molar-refractivity contribution is 0.651. The topological polar surface area (TPSA) is 29.4 Å². The molecule has 0 heterocycles. The second-order valence-electron chi connectivity index (χ2n) is 5.29. The van der Waals surface area contributed by atoms with E-state index in [1.807, 2.05) is 45.0 Å². The summed E-state index contributed by atoms with van der Waals surface area (Å²) in [7, 11) is -1.23. The second-order valence-corrected chi connectivity index (χ2v) is 8.01. The number of benzene rings is 2. The minimum atomic E-state index is -1.23. The van der Waals surface area contributed by atoms with Gasteiger partial charge >= 0.3 is 0 Å². The molecule has 0 bridgehead atoms. The van der Waals surface area contributed by atoms with Gasteiger partial charge in [-0.25, -0.2) is 4.21 Å². The Morgan fingerprint density at radius 3 is 2.53 bits per heavy atom. The van der Waals surface area contributed by atoms with Gasteiger partial charge in [0.2, 0.25) is 0 Å². The van der Waals surface area contributed by atoms with Crippen LogP contribution in [0.25, 0.3) is 10.8 Å². The Bertz CT molecular complexity index is 659. The molecular weight excluding hydrogens is 322 g/mol. The summed E-state index contributed by atoms with van der Waals surface area (Å²) in [4.78, 5) is 0. The van der Waals surface area contributed by atoms with Crippen molar-refractivity contribution >= 4 is 43.9 Å². The van der Waals surface area contributed by atoms with E-state index in [2.05, 4.69) is 32.5 Å². The van der Waals surface area contributed by atoms with Crippen molar-refractivity contribution in [2.75, 3.05) is 0 Å². The Labute approximate surface area is 124 Å². The van der Waals surface area contributed by atoms with Crippen LogP contribution < -0.4 is 0 Å². The average Bonchev–Trinajstić information content (AvgIpc) is 2.37. The van der Waals surface area contributed by atoms with Gasteiger partial charge in [0.25, 0.3) is 0 Å². The van der Waals surface area contributed by atoms with E-state index in [-0.39, 0.29) is 4.75 Å². The van der Waals surface area contributed by atoms with Crippen LogP contribution in [0, 0.1) is 0 Å². The number of rotatable bonds is 2. The summed E-state index contributed by atoms with van der Waals surface area (Å²) in [6.07, 6.45) is 1.68. The Morgan fingerprint density at radius 2 is 1.84 bits per heavy atom. The molecule has 0 amide bonds. The minimum Gasteiger partial charge on any atom is -0.234 e. The fourth-order valence-corrected chi connectivity index (χ4v) is 2.73. The van der Waals surface area contributed by atoms with Gasteiger partial charge < -0.3 is 0 Å². The maximum absolute atomic E-state index is 11.9. The van der Waals surface area contributed by atoms with Crippen LogP contribution in [-0.4, -0.2) is 15.2 Å². The van der Waals surface area contributed by atoms with Gasteiger partial charge in [-0.15, -0.1) is 0 Å². The average molecular weight is 338 g/mol. The molecule has 0 aliphatic heterocycles. The molecular formula is C15H16BrNOS. The highest BCUT2D eigenvalue weighted by Crippen LogP contribution is 2.27. The maximum Gasteiger partial charge on any atom is 0.144 e. The molecule has 2 rings (SSSR count). The molecule has 1 unspecified atom stereocenters. The minimum absolute atomic E-state index is 0.334. The number of nitrogens with zero attached hydrogens (tertiary/aromatic N) is 1. The van der Waals surface area contributed by atoms with Crippen molar-refractivity contribution in [2.45, 2.75) is 25.5 Å². The van der Waals surface area contributed by atoms with Crippen molar-refractivity contribution in [3.63, 3.8) is 0 Å². The van der Waals surface area contributed by atoms with Crippen LogP contribution in [0.3, 0.4) is 0 Å². The summed E-state index contributed by atoms with van der Waals surface area (Å²) < 4.78 is 16.7. The molecule has 1 atom stereocenters. The number of hydrogen-bond acceptors (Lipinski definition) is 1. The van der Waals surface area contributed by atoms with Crippen LogP contribution in [0.4, 0.5) is 0 Å². The Balaban J connectivity index is 2.39. The first-order chi connectivity index (χ1) is 8.89. The lowest BCUT2D eigenvalue weighted by Crippen LogP contribution is -2.19. The van der Waals surface area contributed by atoms with Crippen LogP contribution >= 0.6 is 15.9 Å². The highest BCUT2D eigenvalue weighted by molar-refractivity contribution is 9.10. The van der Waals surface area contributed by atoms with Gasteiger partial charge in [0.15, 0.2) is 0 Å². The third-order valence-electron chi connectivity index (χ3n) is 2.70. The van der Waals surface area contributed by atoms with Crippen molar-refractivity contribution in [1.29, 1.82) is 0 Å². The van der Waals surface area contributed by atoms with E-state index in [0.717, 1.165) is 15.4 Å². The summed E-state index contributed by atoms with van der Waals surface area (Å²) in [5, 5.41) is 2.30. The van der Waals surface area contributed by atoms with E-state index >= 15 is 0 Å². The van der Waals surface area contributed by atoms with Gasteiger partial charge in [-0.05, 0) is 47.5 Å². The van der Waals surface area contributed by atoms with Crippen LogP contribution in [0.1, 0.15) is 26.3 Å². The van der Waals surface area contributed by atoms with Crippen molar-refractivity contribution < 1.29 is 4.21 Å². The molecule has 100 valence electrons. The fourth-order valence-electron chi connectivity index (χ4n) is 1.61. The van der Waals surface area contributed by atoms with Crippen LogP contribution in [0.15, 0.2) is 45.3 Å². The first-order valence-corrected chi connectivity index (χ1v) is 7.93. The molecule has 0 aromatic heterocycles. The maximum atomic E-state index is 11.9. The normalized spacial score (nSPS) is 14.1. The highest BCUT2D eigenvalue weighted by Gasteiger charge is 2.18. The molecule has 0 saturated heterocycles. The molecule has 19 heavy (non-hydrogen) atoms. The van der Waals surface area contributed by atoms with Crippen molar-refractivity contribution in [3.05, 3.63) is 46.4 Å². The zero-order valence-corrected chi connectivity index (χ0v) is 13.6. The molecule has 0 spiro atoms. The smallest absolute Gasteiger partial charge is 0.144 e. The molecule has 0 aliphatic rings. The van der Waals surface area contributed by atoms with E-state index in [1.165, 1.54) is 5.39 Å². The lowest BCUT2D eigenvalue weighted by Gasteiger charge is -2.12. The predicted octanol–water partition coefficient (Wildman–Crippen LogP) is 4.48. The Kier molecular flexibility index (Phi) is 4.21. The first-order valence-electron chi connectivity index (χ1n) is 6.03. The Hall–Kier alpha value is -1.00. The summed E-state index contributed by atoms with van der Waals surface area (Å²) >= 11 is 3.59. The van der Waals surface area contributed by atoms with Crippen LogP contribution in [-0.2, 0) is 11.0 Å². The SMILES string of the molecule is CC(C)(C)S(=O)N=Cc1ccc2ccccc2c1Br. The molecule has 0 fully saturated rings. The van der Waals surface area contributed by atoms with Crippen molar-refractivity contribution in [3.8, 4) is 0 Å². The summed E-state index contributed by atoms with van der Waals surface area (Å²) in [5.74, 6) is 0. The third kappa shape index (κ3) is 3.31. The van der Waals surface area contributed by atoms with Crippen molar-refractivity contribution in [2.24, 2.45) is 4.40 Å². The molecule has 0 saturated carbocycles. The summed E-state index contributed by atoms with van der Waals surface area (Å²) in [6, 6.07) is 12.2. The largest absolute Gasteiger partial charge is 0.234 e. The quantitative estimate of drug-likeness (QED) is 0.742. The van der Waals surface area contributed by atoms with Crippen LogP contribution in [0.2, 0.25) is 0 Å². The molecule has 2 aromatic carbocycles. The van der Waals surface area contributed by atoms with E-state index in [0.29, 0.717) is 0 Å². The first kappa shape index (κ1) is 14.4.